The standard InChI is InChI=1S/C6F14O2S/c7-1(3(9,10)11,4(12,13)14)23(21,22)2(8,5(15,16)17)6(18,19)20. The molecular weight excluding hydrogens is 402 g/mol. The third-order valence-electron chi connectivity index (χ3n) is 2.20. The van der Waals surface area contributed by atoms with Crippen molar-refractivity contribution in [2.45, 2.75) is 34.7 Å². The first-order chi connectivity index (χ1) is 9.50. The van der Waals surface area contributed by atoms with Gasteiger partial charge >= 0.3 is 34.7 Å². The number of sulfone groups is 1. The summed E-state index contributed by atoms with van der Waals surface area (Å²) in [5, 5.41) is -16.3. The Morgan fingerprint density at radius 1 is 0.391 bits per heavy atom. The van der Waals surface area contributed by atoms with Gasteiger partial charge < -0.3 is 0 Å². The van der Waals surface area contributed by atoms with Crippen molar-refractivity contribution in [3.8, 4) is 0 Å². The minimum Gasteiger partial charge on any atom is -0.221 e. The van der Waals surface area contributed by atoms with Gasteiger partial charge in [0.2, 0.25) is 0 Å². The average molecular weight is 402 g/mol. The highest BCUT2D eigenvalue weighted by Crippen LogP contribution is 2.60. The molecule has 140 valence electrons. The minimum absolute atomic E-state index is 7.90. The largest absolute Gasteiger partial charge is 0.447 e. The molecule has 0 rings (SSSR count). The highest BCUT2D eigenvalue weighted by atomic mass is 32.2. The first-order valence-electron chi connectivity index (χ1n) is 4.39. The van der Waals surface area contributed by atoms with Gasteiger partial charge in [0.15, 0.2) is 0 Å². The maximum absolute atomic E-state index is 13.1. The molecule has 0 unspecified atom stereocenters. The molecule has 0 saturated heterocycles. The molecule has 0 fully saturated rings. The number of halogens is 14. The fraction of sp³-hybridized carbons (Fsp3) is 1.00. The molecule has 0 aliphatic rings. The lowest BCUT2D eigenvalue weighted by Crippen LogP contribution is -2.70. The molecule has 23 heavy (non-hydrogen) atoms. The summed E-state index contributed by atoms with van der Waals surface area (Å²) in [7, 11) is -9.33. The summed E-state index contributed by atoms with van der Waals surface area (Å²) in [4.78, 5) is 0. The van der Waals surface area contributed by atoms with Crippen LogP contribution in [0.2, 0.25) is 0 Å². The molecule has 0 aliphatic heterocycles. The van der Waals surface area contributed by atoms with Crippen LogP contribution in [-0.4, -0.2) is 43.1 Å². The Bertz CT molecular complexity index is 472. The highest BCUT2D eigenvalue weighted by Gasteiger charge is 2.93. The predicted octanol–water partition coefficient (Wildman–Crippen LogP) is 3.98. The lowest BCUT2D eigenvalue weighted by molar-refractivity contribution is -0.324. The first-order valence-corrected chi connectivity index (χ1v) is 5.87. The molecule has 0 aromatic heterocycles. The van der Waals surface area contributed by atoms with Crippen LogP contribution >= 0.6 is 0 Å². The van der Waals surface area contributed by atoms with Gasteiger partial charge in [-0.3, -0.25) is 0 Å². The van der Waals surface area contributed by atoms with E-state index in [9.17, 15) is 69.9 Å². The van der Waals surface area contributed by atoms with Crippen LogP contribution in [0.3, 0.4) is 0 Å². The summed E-state index contributed by atoms with van der Waals surface area (Å²) < 4.78 is 192. The molecule has 0 bridgehead atoms. The molecule has 0 heterocycles. The minimum atomic E-state index is -9.33. The second kappa shape index (κ2) is 4.98. The van der Waals surface area contributed by atoms with Crippen LogP contribution in [-0.2, 0) is 9.84 Å². The molecule has 0 atom stereocenters. The smallest absolute Gasteiger partial charge is 0.221 e. The van der Waals surface area contributed by atoms with E-state index < -0.39 is 44.5 Å². The Hall–Kier alpha value is -1.03. The van der Waals surface area contributed by atoms with Crippen LogP contribution in [0.5, 0.6) is 0 Å². The summed E-state index contributed by atoms with van der Waals surface area (Å²) in [6.07, 6.45) is -31.6. The van der Waals surface area contributed by atoms with Gasteiger partial charge in [-0.1, -0.05) is 0 Å². The molecule has 0 aromatic rings. The molecule has 0 amide bonds. The van der Waals surface area contributed by atoms with Gasteiger partial charge in [0, 0.05) is 0 Å². The molecule has 0 saturated carbocycles. The van der Waals surface area contributed by atoms with Crippen molar-refractivity contribution >= 4 is 9.84 Å². The van der Waals surface area contributed by atoms with Crippen molar-refractivity contribution in [3.63, 3.8) is 0 Å². The average Bonchev–Trinajstić information content (AvgIpc) is 2.19. The van der Waals surface area contributed by atoms with E-state index in [1.165, 1.54) is 0 Å². The summed E-state index contributed by atoms with van der Waals surface area (Å²) in [5.41, 5.74) is 0. The van der Waals surface area contributed by atoms with Gasteiger partial charge in [0.05, 0.1) is 0 Å². The van der Waals surface area contributed by atoms with E-state index in [2.05, 4.69) is 0 Å². The van der Waals surface area contributed by atoms with E-state index in [1.807, 2.05) is 0 Å². The Morgan fingerprint density at radius 2 is 0.522 bits per heavy atom. The van der Waals surface area contributed by atoms with Crippen molar-refractivity contribution in [1.29, 1.82) is 0 Å². The van der Waals surface area contributed by atoms with Gasteiger partial charge in [0.25, 0.3) is 9.84 Å². The zero-order chi connectivity index (χ0) is 19.5. The molecule has 0 radical (unpaired) electrons. The Labute approximate surface area is 116 Å². The maximum atomic E-state index is 13.1. The van der Waals surface area contributed by atoms with E-state index in [4.69, 9.17) is 0 Å². The van der Waals surface area contributed by atoms with Crippen LogP contribution in [0.4, 0.5) is 61.5 Å². The van der Waals surface area contributed by atoms with Gasteiger partial charge in [-0.15, -0.1) is 0 Å². The normalized spacial score (nSPS) is 16.6. The van der Waals surface area contributed by atoms with E-state index >= 15 is 0 Å². The molecule has 0 aliphatic carbocycles. The van der Waals surface area contributed by atoms with Gasteiger partial charge in [-0.05, 0) is 0 Å². The number of rotatable bonds is 2. The molecular formula is C6F14O2S. The van der Waals surface area contributed by atoms with E-state index in [1.54, 1.807) is 0 Å². The van der Waals surface area contributed by atoms with E-state index in [-0.39, 0.29) is 0 Å². The third kappa shape index (κ3) is 2.69. The third-order valence-corrected chi connectivity index (χ3v) is 4.61. The van der Waals surface area contributed by atoms with Crippen LogP contribution in [0.25, 0.3) is 0 Å². The number of hydrogen-bond acceptors (Lipinski definition) is 2. The molecule has 0 N–H and O–H groups in total. The lowest BCUT2D eigenvalue weighted by Gasteiger charge is -2.37. The maximum Gasteiger partial charge on any atom is 0.447 e. The molecule has 17 heteroatoms. The second-order valence-electron chi connectivity index (χ2n) is 3.68. The van der Waals surface area contributed by atoms with Crippen molar-refractivity contribution in [3.05, 3.63) is 0 Å². The van der Waals surface area contributed by atoms with Crippen LogP contribution in [0, 0.1) is 0 Å². The summed E-state index contributed by atoms with van der Waals surface area (Å²) in [5.74, 6) is 0. The fourth-order valence-corrected chi connectivity index (χ4v) is 2.73. The second-order valence-corrected chi connectivity index (χ2v) is 5.82. The van der Waals surface area contributed by atoms with Crippen molar-refractivity contribution in [2.75, 3.05) is 0 Å². The van der Waals surface area contributed by atoms with Crippen molar-refractivity contribution < 1.29 is 69.9 Å². The summed E-state index contributed by atoms with van der Waals surface area (Å²) >= 11 is 0. The van der Waals surface area contributed by atoms with Crippen LogP contribution < -0.4 is 0 Å². The zero-order valence-corrected chi connectivity index (χ0v) is 10.3. The Morgan fingerprint density at radius 3 is 0.609 bits per heavy atom. The Kier molecular flexibility index (Phi) is 4.76. The highest BCUT2D eigenvalue weighted by molar-refractivity contribution is 7.94. The SMILES string of the molecule is O=S(=O)(C(F)(C(F)(F)F)C(F)(F)F)C(F)(C(F)(F)F)C(F)(F)F. The lowest BCUT2D eigenvalue weighted by atomic mass is 10.3. The topological polar surface area (TPSA) is 34.1 Å². The quantitative estimate of drug-likeness (QED) is 0.655. The van der Waals surface area contributed by atoms with E-state index in [0.29, 0.717) is 0 Å². The Balaban J connectivity index is 7.11. The monoisotopic (exact) mass is 402 g/mol. The first kappa shape index (κ1) is 22.0. The van der Waals surface area contributed by atoms with Crippen molar-refractivity contribution in [2.24, 2.45) is 0 Å². The van der Waals surface area contributed by atoms with Gasteiger partial charge in [0.1, 0.15) is 0 Å². The fourth-order valence-electron chi connectivity index (χ4n) is 1.12. The van der Waals surface area contributed by atoms with Gasteiger partial charge in [-0.2, -0.15) is 52.7 Å². The van der Waals surface area contributed by atoms with Crippen LogP contribution in [0.1, 0.15) is 0 Å². The number of hydrogen-bond donors (Lipinski definition) is 0. The summed E-state index contributed by atoms with van der Waals surface area (Å²) in [6.45, 7) is 0. The zero-order valence-electron chi connectivity index (χ0n) is 9.52. The molecule has 2 nitrogen and oxygen atoms in total. The predicted molar refractivity (Wildman–Crippen MR) is 40.8 cm³/mol. The van der Waals surface area contributed by atoms with Gasteiger partial charge in [-0.25, -0.2) is 17.2 Å². The summed E-state index contributed by atoms with van der Waals surface area (Å²) in [6, 6.07) is 0. The van der Waals surface area contributed by atoms with Crippen LogP contribution in [0.15, 0.2) is 0 Å². The van der Waals surface area contributed by atoms with E-state index in [0.717, 1.165) is 0 Å². The molecule has 0 aromatic carbocycles. The van der Waals surface area contributed by atoms with Crippen molar-refractivity contribution in [1.82, 2.24) is 0 Å². The number of alkyl halides is 14. The molecule has 0 spiro atoms.